The molecule has 0 aliphatic heterocycles. The Balaban J connectivity index is 1.98. The lowest BCUT2D eigenvalue weighted by molar-refractivity contribution is 0.102. The lowest BCUT2D eigenvalue weighted by Crippen LogP contribution is -2.11. The van der Waals surface area contributed by atoms with E-state index in [-0.39, 0.29) is 5.91 Å². The number of nitrogens with zero attached hydrogens (tertiary/aromatic N) is 2. The molecular weight excluding hydrogens is 274 g/mol. The third kappa shape index (κ3) is 3.77. The van der Waals surface area contributed by atoms with Crippen molar-refractivity contribution in [3.8, 4) is 5.75 Å². The molecule has 1 amide bonds. The van der Waals surface area contributed by atoms with E-state index in [1.165, 1.54) is 11.3 Å². The number of benzene rings is 1. The molecule has 0 radical (unpaired) electrons. The fraction of sp³-hybridized carbons (Fsp3) is 0.357. The number of rotatable bonds is 6. The Morgan fingerprint density at radius 2 is 2.00 bits per heavy atom. The van der Waals surface area contributed by atoms with Crippen molar-refractivity contribution < 1.29 is 9.53 Å². The van der Waals surface area contributed by atoms with Crippen molar-refractivity contribution in [2.75, 3.05) is 11.9 Å². The second-order valence-corrected chi connectivity index (χ2v) is 5.24. The van der Waals surface area contributed by atoms with Gasteiger partial charge in [-0.1, -0.05) is 25.2 Å². The number of amides is 1. The Morgan fingerprint density at radius 1 is 1.25 bits per heavy atom. The van der Waals surface area contributed by atoms with Gasteiger partial charge in [0, 0.05) is 5.56 Å². The van der Waals surface area contributed by atoms with Gasteiger partial charge in [0.2, 0.25) is 5.13 Å². The van der Waals surface area contributed by atoms with Crippen molar-refractivity contribution in [1.29, 1.82) is 0 Å². The number of anilines is 1. The topological polar surface area (TPSA) is 64.1 Å². The molecule has 1 heterocycles. The summed E-state index contributed by atoms with van der Waals surface area (Å²) < 4.78 is 5.47. The first-order valence-electron chi connectivity index (χ1n) is 6.59. The quantitative estimate of drug-likeness (QED) is 0.888. The Kier molecular flexibility index (Phi) is 5.06. The minimum atomic E-state index is -0.189. The van der Waals surface area contributed by atoms with Crippen molar-refractivity contribution in [3.63, 3.8) is 0 Å². The number of aryl methyl sites for hydroxylation is 1. The summed E-state index contributed by atoms with van der Waals surface area (Å²) in [6.07, 6.45) is 1.77. The van der Waals surface area contributed by atoms with Crippen molar-refractivity contribution in [3.05, 3.63) is 34.8 Å². The molecule has 1 N–H and O–H groups in total. The first-order chi connectivity index (χ1) is 9.72. The van der Waals surface area contributed by atoms with Gasteiger partial charge in [-0.25, -0.2) is 0 Å². The molecule has 5 nitrogen and oxygen atoms in total. The summed E-state index contributed by atoms with van der Waals surface area (Å²) in [6.45, 7) is 4.73. The molecule has 1 aromatic heterocycles. The average Bonchev–Trinajstić information content (AvgIpc) is 2.93. The number of hydrogen-bond donors (Lipinski definition) is 1. The number of hydrogen-bond acceptors (Lipinski definition) is 5. The summed E-state index contributed by atoms with van der Waals surface area (Å²) in [5.74, 6) is 0.582. The lowest BCUT2D eigenvalue weighted by atomic mass is 10.2. The summed E-state index contributed by atoms with van der Waals surface area (Å²) in [5.41, 5.74) is 0.571. The van der Waals surface area contributed by atoms with Crippen LogP contribution in [0.25, 0.3) is 0 Å². The molecule has 0 saturated carbocycles. The lowest BCUT2D eigenvalue weighted by Gasteiger charge is -2.05. The molecule has 0 atom stereocenters. The molecule has 2 rings (SSSR count). The van der Waals surface area contributed by atoms with Crippen LogP contribution in [0.3, 0.4) is 0 Å². The fourth-order valence-electron chi connectivity index (χ4n) is 1.54. The van der Waals surface area contributed by atoms with E-state index in [0.717, 1.165) is 23.6 Å². The number of ether oxygens (including phenoxy) is 1. The zero-order valence-electron chi connectivity index (χ0n) is 11.5. The second kappa shape index (κ2) is 7.00. The summed E-state index contributed by atoms with van der Waals surface area (Å²) >= 11 is 1.39. The maximum absolute atomic E-state index is 12.0. The highest BCUT2D eigenvalue weighted by molar-refractivity contribution is 7.15. The van der Waals surface area contributed by atoms with Gasteiger partial charge in [0.15, 0.2) is 0 Å². The minimum absolute atomic E-state index is 0.189. The van der Waals surface area contributed by atoms with Crippen molar-refractivity contribution in [1.82, 2.24) is 10.2 Å². The van der Waals surface area contributed by atoms with Crippen LogP contribution in [0, 0.1) is 0 Å². The van der Waals surface area contributed by atoms with Crippen LogP contribution in [-0.4, -0.2) is 22.7 Å². The van der Waals surface area contributed by atoms with Gasteiger partial charge in [-0.05, 0) is 37.1 Å². The zero-order chi connectivity index (χ0) is 14.4. The summed E-state index contributed by atoms with van der Waals surface area (Å²) in [7, 11) is 0. The molecule has 6 heteroatoms. The van der Waals surface area contributed by atoms with E-state index in [0.29, 0.717) is 17.3 Å². The van der Waals surface area contributed by atoms with Crippen LogP contribution in [0.4, 0.5) is 5.13 Å². The number of carbonyl (C=O) groups excluding carboxylic acids is 1. The van der Waals surface area contributed by atoms with Crippen molar-refractivity contribution >= 4 is 22.4 Å². The van der Waals surface area contributed by atoms with Gasteiger partial charge < -0.3 is 4.74 Å². The molecule has 0 fully saturated rings. The molecule has 0 saturated heterocycles. The second-order valence-electron chi connectivity index (χ2n) is 4.18. The van der Waals surface area contributed by atoms with Crippen LogP contribution in [0.2, 0.25) is 0 Å². The normalized spacial score (nSPS) is 10.3. The van der Waals surface area contributed by atoms with E-state index >= 15 is 0 Å². The van der Waals surface area contributed by atoms with Crippen LogP contribution in [-0.2, 0) is 6.42 Å². The zero-order valence-corrected chi connectivity index (χ0v) is 12.4. The highest BCUT2D eigenvalue weighted by Gasteiger charge is 2.09. The summed E-state index contributed by atoms with van der Waals surface area (Å²) in [6, 6.07) is 7.06. The summed E-state index contributed by atoms with van der Waals surface area (Å²) in [4.78, 5) is 12.0. The molecule has 1 aromatic carbocycles. The van der Waals surface area contributed by atoms with Crippen LogP contribution in [0.5, 0.6) is 5.75 Å². The predicted molar refractivity (Wildman–Crippen MR) is 79.5 cm³/mol. The molecule has 0 bridgehead atoms. The van der Waals surface area contributed by atoms with Crippen molar-refractivity contribution in [2.45, 2.75) is 26.7 Å². The Hall–Kier alpha value is -1.95. The monoisotopic (exact) mass is 291 g/mol. The van der Waals surface area contributed by atoms with E-state index in [4.69, 9.17) is 4.74 Å². The van der Waals surface area contributed by atoms with E-state index in [1.807, 2.05) is 6.92 Å². The Bertz CT molecular complexity index is 566. The van der Waals surface area contributed by atoms with Crippen LogP contribution < -0.4 is 10.1 Å². The average molecular weight is 291 g/mol. The third-order valence-corrected chi connectivity index (χ3v) is 3.56. The van der Waals surface area contributed by atoms with E-state index < -0.39 is 0 Å². The standard InChI is InChI=1S/C14H17N3O2S/c1-3-9-19-11-7-5-10(6-8-11)13(18)15-14-17-16-12(4-2)20-14/h5-8H,3-4,9H2,1-2H3,(H,15,17,18). The molecule has 0 spiro atoms. The largest absolute Gasteiger partial charge is 0.494 e. The maximum atomic E-state index is 12.0. The van der Waals surface area contributed by atoms with Gasteiger partial charge in [-0.15, -0.1) is 10.2 Å². The van der Waals surface area contributed by atoms with Gasteiger partial charge in [0.05, 0.1) is 6.61 Å². The highest BCUT2D eigenvalue weighted by atomic mass is 32.1. The summed E-state index contributed by atoms with van der Waals surface area (Å²) in [5, 5.41) is 12.1. The minimum Gasteiger partial charge on any atom is -0.494 e. The van der Waals surface area contributed by atoms with Crippen molar-refractivity contribution in [2.24, 2.45) is 0 Å². The van der Waals surface area contributed by atoms with Crippen LogP contribution >= 0.6 is 11.3 Å². The predicted octanol–water partition coefficient (Wildman–Crippen LogP) is 3.14. The van der Waals surface area contributed by atoms with Crippen LogP contribution in [0.1, 0.15) is 35.6 Å². The molecule has 20 heavy (non-hydrogen) atoms. The molecule has 0 unspecified atom stereocenters. The maximum Gasteiger partial charge on any atom is 0.257 e. The van der Waals surface area contributed by atoms with Gasteiger partial charge in [0.1, 0.15) is 10.8 Å². The smallest absolute Gasteiger partial charge is 0.257 e. The van der Waals surface area contributed by atoms with Gasteiger partial charge in [-0.3, -0.25) is 10.1 Å². The Morgan fingerprint density at radius 3 is 2.60 bits per heavy atom. The highest BCUT2D eigenvalue weighted by Crippen LogP contribution is 2.17. The first kappa shape index (κ1) is 14.5. The molecule has 0 aliphatic rings. The Labute approximate surface area is 122 Å². The van der Waals surface area contributed by atoms with Gasteiger partial charge in [-0.2, -0.15) is 0 Å². The van der Waals surface area contributed by atoms with Crippen LogP contribution in [0.15, 0.2) is 24.3 Å². The van der Waals surface area contributed by atoms with Gasteiger partial charge >= 0.3 is 0 Å². The van der Waals surface area contributed by atoms with E-state index in [9.17, 15) is 4.79 Å². The van der Waals surface area contributed by atoms with E-state index in [1.54, 1.807) is 24.3 Å². The number of nitrogens with one attached hydrogen (secondary N) is 1. The number of aromatic nitrogens is 2. The first-order valence-corrected chi connectivity index (χ1v) is 7.41. The number of carbonyl (C=O) groups is 1. The van der Waals surface area contributed by atoms with Gasteiger partial charge in [0.25, 0.3) is 5.91 Å². The van der Waals surface area contributed by atoms with E-state index in [2.05, 4.69) is 22.4 Å². The molecule has 0 aliphatic carbocycles. The SMILES string of the molecule is CCCOc1ccc(C(=O)Nc2nnc(CC)s2)cc1. The molecular formula is C14H17N3O2S. The third-order valence-electron chi connectivity index (χ3n) is 2.58. The fourth-order valence-corrected chi connectivity index (χ4v) is 2.21. The molecule has 106 valence electrons. The molecule has 2 aromatic rings.